The van der Waals surface area contributed by atoms with E-state index < -0.39 is 0 Å². The van der Waals surface area contributed by atoms with Gasteiger partial charge >= 0.3 is 0 Å². The topological polar surface area (TPSA) is 34.1 Å². The highest BCUT2D eigenvalue weighted by Gasteiger charge is 2.64. The van der Waals surface area contributed by atoms with E-state index in [4.69, 9.17) is 0 Å². The van der Waals surface area contributed by atoms with Gasteiger partial charge in [-0.2, -0.15) is 0 Å². The van der Waals surface area contributed by atoms with Crippen LogP contribution >= 0.6 is 0 Å². The Balaban J connectivity index is 0.000000687. The number of aldehydes is 1. The summed E-state index contributed by atoms with van der Waals surface area (Å²) in [5.74, 6) is 6.71. The van der Waals surface area contributed by atoms with Crippen LogP contribution in [-0.4, -0.2) is 12.1 Å². The zero-order valence-corrected chi connectivity index (χ0v) is 19.7. The van der Waals surface area contributed by atoms with Gasteiger partial charge in [-0.1, -0.05) is 27.2 Å². The van der Waals surface area contributed by atoms with Crippen molar-refractivity contribution in [2.45, 2.75) is 98.3 Å². The van der Waals surface area contributed by atoms with Crippen LogP contribution in [0.1, 0.15) is 98.3 Å². The van der Waals surface area contributed by atoms with E-state index in [9.17, 15) is 9.59 Å². The highest BCUT2D eigenvalue weighted by molar-refractivity contribution is 5.82. The number of rotatable bonds is 1. The summed E-state index contributed by atoms with van der Waals surface area (Å²) >= 11 is 0. The summed E-state index contributed by atoms with van der Waals surface area (Å²) in [5, 5.41) is 0. The van der Waals surface area contributed by atoms with Crippen molar-refractivity contribution in [3.8, 4) is 12.3 Å². The van der Waals surface area contributed by atoms with Crippen molar-refractivity contribution in [3.05, 3.63) is 0 Å². The van der Waals surface area contributed by atoms with Gasteiger partial charge in [0.15, 0.2) is 0 Å². The summed E-state index contributed by atoms with van der Waals surface area (Å²) in [6, 6.07) is 0. The van der Waals surface area contributed by atoms with E-state index in [-0.39, 0.29) is 11.3 Å². The number of terminal acetylenes is 1. The third kappa shape index (κ3) is 2.97. The number of hydrogen-bond acceptors (Lipinski definition) is 2. The minimum Gasteiger partial charge on any atom is -0.303 e. The van der Waals surface area contributed by atoms with Crippen LogP contribution in [0.5, 0.6) is 0 Å². The maximum Gasteiger partial charge on any atom is 0.136 e. The van der Waals surface area contributed by atoms with Gasteiger partial charge in [-0.3, -0.25) is 4.79 Å². The largest absolute Gasteiger partial charge is 0.303 e. The molecule has 2 heteroatoms. The van der Waals surface area contributed by atoms with Crippen LogP contribution < -0.4 is 0 Å². The third-order valence-corrected chi connectivity index (χ3v) is 11.2. The fraction of sp³-hybridized carbons (Fsp3) is 0.857. The summed E-state index contributed by atoms with van der Waals surface area (Å²) in [5.41, 5.74) is 0.837. The lowest BCUT2D eigenvalue weighted by molar-refractivity contribution is -0.184. The third-order valence-electron chi connectivity index (χ3n) is 11.2. The zero-order valence-electron chi connectivity index (χ0n) is 19.7. The molecule has 5 fully saturated rings. The van der Waals surface area contributed by atoms with Gasteiger partial charge in [0.25, 0.3) is 0 Å². The van der Waals surface area contributed by atoms with Crippen molar-refractivity contribution in [2.75, 3.05) is 0 Å². The van der Waals surface area contributed by atoms with Crippen molar-refractivity contribution in [3.63, 3.8) is 0 Å². The van der Waals surface area contributed by atoms with E-state index in [1.807, 2.05) is 0 Å². The Morgan fingerprint density at radius 3 is 2.30 bits per heavy atom. The van der Waals surface area contributed by atoms with Gasteiger partial charge in [-0.25, -0.2) is 0 Å². The molecule has 0 aromatic carbocycles. The molecule has 0 bridgehead atoms. The summed E-state index contributed by atoms with van der Waals surface area (Å²) in [7, 11) is 0. The fourth-order valence-corrected chi connectivity index (χ4v) is 9.89. The van der Waals surface area contributed by atoms with E-state index >= 15 is 0 Å². The summed E-state index contributed by atoms with van der Waals surface area (Å²) < 4.78 is 0. The lowest BCUT2D eigenvalue weighted by Gasteiger charge is -2.67. The lowest BCUT2D eigenvalue weighted by atomic mass is 9.38. The summed E-state index contributed by atoms with van der Waals surface area (Å²) in [4.78, 5) is 24.5. The number of ketones is 1. The Kier molecular flexibility index (Phi) is 5.74. The van der Waals surface area contributed by atoms with Crippen LogP contribution in [0, 0.1) is 64.1 Å². The second kappa shape index (κ2) is 7.79. The van der Waals surface area contributed by atoms with Gasteiger partial charge in [0.05, 0.1) is 0 Å². The molecule has 0 N–H and O–H groups in total. The number of carbonyl (C=O) groups excluding carboxylic acids is 2. The van der Waals surface area contributed by atoms with Crippen LogP contribution in [0.3, 0.4) is 0 Å². The molecule has 9 unspecified atom stereocenters. The molecule has 5 aliphatic rings. The second-order valence-corrected chi connectivity index (χ2v) is 12.0. The Hall–Kier alpha value is -1.10. The second-order valence-electron chi connectivity index (χ2n) is 12.0. The molecule has 5 saturated carbocycles. The average molecular weight is 411 g/mol. The van der Waals surface area contributed by atoms with Gasteiger partial charge in [-0.05, 0) is 105 Å². The molecule has 0 aliphatic heterocycles. The van der Waals surface area contributed by atoms with E-state index in [2.05, 4.69) is 33.1 Å². The first kappa shape index (κ1) is 22.1. The molecule has 0 amide bonds. The minimum atomic E-state index is 0.0389. The standard InChI is InChI=1S/C25H38O2.C3H4/c1-16-18-8-12-24(3)19-9-14-25(15-26)11-4-5-20(25)17(19)6-7-22(24)23(18,2)13-10-21(16)27;1-3-2/h15-20,22H,4-14H2,1-3H3;1H,2H3. The summed E-state index contributed by atoms with van der Waals surface area (Å²) in [6.07, 6.45) is 19.3. The fourth-order valence-electron chi connectivity index (χ4n) is 9.89. The molecule has 0 saturated heterocycles. The molecule has 0 aromatic heterocycles. The normalized spacial score (nSPS) is 51.8. The smallest absolute Gasteiger partial charge is 0.136 e. The van der Waals surface area contributed by atoms with Crippen LogP contribution in [0.2, 0.25) is 0 Å². The lowest BCUT2D eigenvalue weighted by Crippen LogP contribution is -2.60. The van der Waals surface area contributed by atoms with Gasteiger partial charge < -0.3 is 4.79 Å². The number of Topliss-reactive ketones (excluding diaryl/α,β-unsaturated/α-hetero) is 1. The molecule has 0 aromatic rings. The molecular formula is C28H42O2. The molecule has 0 heterocycles. The highest BCUT2D eigenvalue weighted by Crippen LogP contribution is 2.71. The maximum atomic E-state index is 12.4. The first-order valence-corrected chi connectivity index (χ1v) is 12.6. The van der Waals surface area contributed by atoms with Crippen molar-refractivity contribution in [1.82, 2.24) is 0 Å². The predicted molar refractivity (Wildman–Crippen MR) is 122 cm³/mol. The van der Waals surface area contributed by atoms with E-state index in [1.54, 1.807) is 6.92 Å². The van der Waals surface area contributed by atoms with Crippen molar-refractivity contribution < 1.29 is 9.59 Å². The average Bonchev–Trinajstić information content (AvgIpc) is 3.16. The molecule has 5 aliphatic carbocycles. The van der Waals surface area contributed by atoms with Crippen molar-refractivity contribution in [2.24, 2.45) is 51.8 Å². The SMILES string of the molecule is C#CC.CC1C(=O)CCC2(C)C1CCC1(C)C3CCC4(C=O)CCCC4C3CCC21. The number of hydrogen-bond donors (Lipinski definition) is 0. The molecule has 30 heavy (non-hydrogen) atoms. The first-order valence-electron chi connectivity index (χ1n) is 12.6. The van der Waals surface area contributed by atoms with Gasteiger partial charge in [-0.15, -0.1) is 12.3 Å². The molecule has 166 valence electrons. The molecule has 9 atom stereocenters. The minimum absolute atomic E-state index is 0.0389. The number of carbonyl (C=O) groups is 2. The van der Waals surface area contributed by atoms with E-state index in [1.165, 1.54) is 51.2 Å². The first-order chi connectivity index (χ1) is 14.3. The van der Waals surface area contributed by atoms with Gasteiger partial charge in [0.2, 0.25) is 0 Å². The van der Waals surface area contributed by atoms with Crippen LogP contribution in [0.25, 0.3) is 0 Å². The van der Waals surface area contributed by atoms with Crippen LogP contribution in [-0.2, 0) is 9.59 Å². The van der Waals surface area contributed by atoms with Gasteiger partial charge in [0.1, 0.15) is 12.1 Å². The monoisotopic (exact) mass is 410 g/mol. The number of fused-ring (bicyclic) bond motifs is 7. The molecule has 2 nitrogen and oxygen atoms in total. The quantitative estimate of drug-likeness (QED) is 0.367. The Bertz CT molecular complexity index is 733. The molecular weight excluding hydrogens is 368 g/mol. The van der Waals surface area contributed by atoms with Crippen molar-refractivity contribution >= 4 is 12.1 Å². The summed E-state index contributed by atoms with van der Waals surface area (Å²) in [6.45, 7) is 9.05. The van der Waals surface area contributed by atoms with E-state index in [0.717, 1.165) is 43.4 Å². The Morgan fingerprint density at radius 2 is 1.60 bits per heavy atom. The predicted octanol–water partition coefficient (Wildman–Crippen LogP) is 6.47. The van der Waals surface area contributed by atoms with Crippen LogP contribution in [0.15, 0.2) is 0 Å². The van der Waals surface area contributed by atoms with Gasteiger partial charge in [0, 0.05) is 17.8 Å². The molecule has 5 rings (SSSR count). The van der Waals surface area contributed by atoms with Crippen molar-refractivity contribution in [1.29, 1.82) is 0 Å². The Morgan fingerprint density at radius 1 is 0.933 bits per heavy atom. The Labute approximate surface area is 184 Å². The molecule has 0 radical (unpaired) electrons. The zero-order chi connectivity index (χ0) is 21.7. The highest BCUT2D eigenvalue weighted by atomic mass is 16.1. The van der Waals surface area contributed by atoms with Crippen LogP contribution in [0.4, 0.5) is 0 Å². The van der Waals surface area contributed by atoms with E-state index in [0.29, 0.717) is 28.4 Å². The molecule has 0 spiro atoms. The maximum absolute atomic E-state index is 12.4.